The number of nitrogens with two attached hydrogens (primary N) is 1. The maximum Gasteiger partial charge on any atom is 0.323 e. The van der Waals surface area contributed by atoms with Crippen LogP contribution in [0.3, 0.4) is 0 Å². The van der Waals surface area contributed by atoms with Crippen molar-refractivity contribution in [1.29, 1.82) is 0 Å². The Hall–Kier alpha value is -4.38. The molecule has 0 bridgehead atoms. The van der Waals surface area contributed by atoms with Gasteiger partial charge in [-0.2, -0.15) is 0 Å². The summed E-state index contributed by atoms with van der Waals surface area (Å²) in [6.45, 7) is 7.63. The quantitative estimate of drug-likeness (QED) is 0.274. The smallest absolute Gasteiger partial charge is 0.323 e. The Labute approximate surface area is 197 Å². The molecule has 7 N–H and O–H groups in total. The van der Waals surface area contributed by atoms with E-state index in [1.54, 1.807) is 30.5 Å². The van der Waals surface area contributed by atoms with Crippen LogP contribution in [0, 0.1) is 0 Å². The third-order valence-electron chi connectivity index (χ3n) is 4.10. The third-order valence-corrected chi connectivity index (χ3v) is 4.10. The maximum atomic E-state index is 12.3. The fourth-order valence-corrected chi connectivity index (χ4v) is 2.67. The van der Waals surface area contributed by atoms with Gasteiger partial charge in [0.05, 0.1) is 25.1 Å². The van der Waals surface area contributed by atoms with Gasteiger partial charge in [0.1, 0.15) is 0 Å². The minimum atomic E-state index is -0.507. The van der Waals surface area contributed by atoms with Crippen molar-refractivity contribution in [3.63, 3.8) is 0 Å². The van der Waals surface area contributed by atoms with Crippen LogP contribution < -0.4 is 31.7 Å². The first kappa shape index (κ1) is 25.9. The Balaban J connectivity index is 2.04. The summed E-state index contributed by atoms with van der Waals surface area (Å²) >= 11 is 0. The number of hydrogen-bond acceptors (Lipinski definition) is 8. The molecule has 1 aromatic heterocycles. The lowest BCUT2D eigenvalue weighted by atomic mass is 10.2. The van der Waals surface area contributed by atoms with Crippen LogP contribution in [0.2, 0.25) is 0 Å². The van der Waals surface area contributed by atoms with E-state index in [1.165, 1.54) is 25.3 Å². The van der Waals surface area contributed by atoms with Gasteiger partial charge in [-0.05, 0) is 43.3 Å². The molecule has 11 heteroatoms. The number of urea groups is 1. The fourth-order valence-electron chi connectivity index (χ4n) is 2.67. The summed E-state index contributed by atoms with van der Waals surface area (Å²) in [6.07, 6.45) is 5.80. The number of amides is 3. The van der Waals surface area contributed by atoms with Crippen molar-refractivity contribution < 1.29 is 19.4 Å². The Morgan fingerprint density at radius 3 is 2.56 bits per heavy atom. The van der Waals surface area contributed by atoms with Gasteiger partial charge in [0.25, 0.3) is 0 Å². The van der Waals surface area contributed by atoms with Crippen molar-refractivity contribution >= 4 is 23.4 Å². The lowest BCUT2D eigenvalue weighted by Crippen LogP contribution is -2.28. The molecule has 0 unspecified atom stereocenters. The number of benzene rings is 1. The number of rotatable bonds is 11. The first-order valence-electron chi connectivity index (χ1n) is 10.5. The van der Waals surface area contributed by atoms with E-state index in [0.29, 0.717) is 47.6 Å². The number of ether oxygens (including phenoxy) is 1. The van der Waals surface area contributed by atoms with Crippen LogP contribution in [0.15, 0.2) is 66.8 Å². The molecule has 0 saturated carbocycles. The Kier molecular flexibility index (Phi) is 10.1. The molecular formula is C23H29N7O4. The van der Waals surface area contributed by atoms with Gasteiger partial charge in [-0.1, -0.05) is 6.58 Å². The molecule has 2 aromatic rings. The van der Waals surface area contributed by atoms with Gasteiger partial charge in [0, 0.05) is 36.6 Å². The van der Waals surface area contributed by atoms with E-state index in [0.717, 1.165) is 5.56 Å². The van der Waals surface area contributed by atoms with E-state index in [4.69, 9.17) is 15.6 Å². The Morgan fingerprint density at radius 1 is 1.21 bits per heavy atom. The molecule has 0 spiro atoms. The van der Waals surface area contributed by atoms with Gasteiger partial charge in [-0.15, -0.1) is 0 Å². The lowest BCUT2D eigenvalue weighted by molar-refractivity contribution is -0.118. The fraction of sp³-hybridized carbons (Fsp3) is 0.217. The first-order valence-corrected chi connectivity index (χ1v) is 10.5. The van der Waals surface area contributed by atoms with Gasteiger partial charge in [-0.25, -0.2) is 14.8 Å². The van der Waals surface area contributed by atoms with E-state index in [-0.39, 0.29) is 12.5 Å². The maximum absolute atomic E-state index is 12.3. The highest BCUT2D eigenvalue weighted by Gasteiger charge is 2.10. The normalized spacial score (nSPS) is 11.1. The van der Waals surface area contributed by atoms with Crippen LogP contribution in [0.5, 0.6) is 5.75 Å². The molecule has 0 aliphatic carbocycles. The van der Waals surface area contributed by atoms with E-state index in [2.05, 4.69) is 37.8 Å². The number of nitrogens with zero attached hydrogens (tertiary/aromatic N) is 2. The number of anilines is 2. The van der Waals surface area contributed by atoms with Crippen LogP contribution in [-0.4, -0.2) is 46.8 Å². The van der Waals surface area contributed by atoms with Gasteiger partial charge < -0.3 is 36.8 Å². The number of carbonyl (C=O) groups is 2. The van der Waals surface area contributed by atoms with Gasteiger partial charge in [-0.3, -0.25) is 4.79 Å². The van der Waals surface area contributed by atoms with Crippen molar-refractivity contribution in [2.24, 2.45) is 5.73 Å². The van der Waals surface area contributed by atoms with Crippen LogP contribution in [0.25, 0.3) is 11.4 Å². The number of hydrogen-bond donors (Lipinski definition) is 6. The number of aliphatic hydroxyl groups is 1. The van der Waals surface area contributed by atoms with E-state index < -0.39 is 6.03 Å². The van der Waals surface area contributed by atoms with E-state index >= 15 is 0 Å². The van der Waals surface area contributed by atoms with Crippen LogP contribution >= 0.6 is 0 Å². The molecule has 0 aliphatic rings. The third kappa shape index (κ3) is 8.28. The molecule has 0 atom stereocenters. The molecule has 0 aliphatic heterocycles. The summed E-state index contributed by atoms with van der Waals surface area (Å²) in [5.74, 6) is 1.18. The predicted octanol–water partition coefficient (Wildman–Crippen LogP) is 2.07. The van der Waals surface area contributed by atoms with Crippen LogP contribution in [0.1, 0.15) is 13.8 Å². The van der Waals surface area contributed by atoms with Gasteiger partial charge in [0.15, 0.2) is 17.4 Å². The molecule has 0 fully saturated rings. The predicted molar refractivity (Wildman–Crippen MR) is 131 cm³/mol. The zero-order chi connectivity index (χ0) is 24.9. The molecule has 3 amide bonds. The van der Waals surface area contributed by atoms with Gasteiger partial charge >= 0.3 is 6.03 Å². The zero-order valence-electron chi connectivity index (χ0n) is 19.1. The highest BCUT2D eigenvalue weighted by atomic mass is 16.5. The molecule has 11 nitrogen and oxygen atoms in total. The molecule has 2 rings (SSSR count). The molecule has 0 radical (unpaired) electrons. The van der Waals surface area contributed by atoms with Crippen molar-refractivity contribution in [1.82, 2.24) is 20.6 Å². The molecule has 0 saturated heterocycles. The molecule has 1 heterocycles. The highest BCUT2D eigenvalue weighted by molar-refractivity contribution is 5.91. The zero-order valence-corrected chi connectivity index (χ0v) is 19.1. The average molecular weight is 468 g/mol. The second-order valence-electron chi connectivity index (χ2n) is 6.81. The summed E-state index contributed by atoms with van der Waals surface area (Å²) < 4.78 is 5.51. The summed E-state index contributed by atoms with van der Waals surface area (Å²) in [6, 6.07) is 6.43. The monoisotopic (exact) mass is 467 g/mol. The Morgan fingerprint density at radius 2 is 1.94 bits per heavy atom. The minimum absolute atomic E-state index is 0.0474. The average Bonchev–Trinajstić information content (AvgIpc) is 2.81. The SMILES string of the molecule is C=C(/C=C\C(=C/N)NC(=O)Nc1ccc(-c2ncc(OCC)c(NCCO)n2)cc1)NC(C)=O. The minimum Gasteiger partial charge on any atom is -0.488 e. The largest absolute Gasteiger partial charge is 0.488 e. The van der Waals surface area contributed by atoms with Crippen molar-refractivity contribution in [2.75, 3.05) is 30.4 Å². The number of allylic oxidation sites excluding steroid dienone is 2. The summed E-state index contributed by atoms with van der Waals surface area (Å²) in [5.41, 5.74) is 7.47. The number of nitrogens with one attached hydrogen (secondary N) is 4. The number of aromatic nitrogens is 2. The van der Waals surface area contributed by atoms with Crippen molar-refractivity contribution in [3.8, 4) is 17.1 Å². The second kappa shape index (κ2) is 13.2. The van der Waals surface area contributed by atoms with E-state index in [1.807, 2.05) is 6.92 Å². The molecule has 180 valence electrons. The molecule has 34 heavy (non-hydrogen) atoms. The van der Waals surface area contributed by atoms with Crippen LogP contribution in [0.4, 0.5) is 16.3 Å². The lowest BCUT2D eigenvalue weighted by Gasteiger charge is -2.12. The molecular weight excluding hydrogens is 438 g/mol. The topological polar surface area (TPSA) is 164 Å². The Bertz CT molecular complexity index is 1070. The summed E-state index contributed by atoms with van der Waals surface area (Å²) in [4.78, 5) is 32.1. The molecule has 1 aromatic carbocycles. The van der Waals surface area contributed by atoms with Crippen molar-refractivity contribution in [2.45, 2.75) is 13.8 Å². The second-order valence-corrected chi connectivity index (χ2v) is 6.81. The van der Waals surface area contributed by atoms with Gasteiger partial charge in [0.2, 0.25) is 5.91 Å². The van der Waals surface area contributed by atoms with Crippen molar-refractivity contribution in [3.05, 3.63) is 66.8 Å². The highest BCUT2D eigenvalue weighted by Crippen LogP contribution is 2.25. The van der Waals surface area contributed by atoms with Crippen LogP contribution in [-0.2, 0) is 4.79 Å². The van der Waals surface area contributed by atoms with E-state index in [9.17, 15) is 9.59 Å². The number of aliphatic hydroxyl groups excluding tert-OH is 1. The standard InChI is InChI=1S/C23H29N7O4/c1-4-34-20-14-26-21(30-22(20)25-11-12-31)17-6-9-18(10-7-17)28-23(33)29-19(13-24)8-5-15(2)27-16(3)32/h5-10,13-14,31H,2,4,11-12,24H2,1,3H3,(H,27,32)(H,25,26,30)(H2,28,29,33)/b8-5-,19-13+. The summed E-state index contributed by atoms with van der Waals surface area (Å²) in [5, 5.41) is 19.9. The number of carbonyl (C=O) groups excluding carboxylic acids is 2. The summed E-state index contributed by atoms with van der Waals surface area (Å²) in [7, 11) is 0. The first-order chi connectivity index (χ1) is 16.4.